The molecule has 0 aliphatic heterocycles. The van der Waals surface area contributed by atoms with Gasteiger partial charge in [-0.3, -0.25) is 0 Å². The smallest absolute Gasteiger partial charge is 0.136 e. The second-order valence-corrected chi connectivity index (χ2v) is 5.47. The number of aromatic nitrogens is 2. The largest absolute Gasteiger partial charge is 0.384 e. The highest BCUT2D eigenvalue weighted by molar-refractivity contribution is 5.48. The fourth-order valence-electron chi connectivity index (χ4n) is 2.28. The van der Waals surface area contributed by atoms with Crippen LogP contribution in [0.5, 0.6) is 0 Å². The standard InChI is InChI=1S/C13H20N4/c1-8(9-3-4-9)17(2)12-7-11(14)15-13(16-12)10-5-6-10/h7-10H,3-6H2,1-2H3,(H2,14,15,16). The van der Waals surface area contributed by atoms with Gasteiger partial charge in [0.25, 0.3) is 0 Å². The molecule has 1 aromatic heterocycles. The normalized spacial score (nSPS) is 21.3. The van der Waals surface area contributed by atoms with Crippen LogP contribution in [0.3, 0.4) is 0 Å². The minimum Gasteiger partial charge on any atom is -0.384 e. The fraction of sp³-hybridized carbons (Fsp3) is 0.692. The van der Waals surface area contributed by atoms with Gasteiger partial charge in [0.15, 0.2) is 0 Å². The minimum atomic E-state index is 0.552. The first kappa shape index (κ1) is 10.8. The number of nitrogens with zero attached hydrogens (tertiary/aromatic N) is 3. The molecule has 0 radical (unpaired) electrons. The average molecular weight is 232 g/mol. The zero-order valence-corrected chi connectivity index (χ0v) is 10.6. The van der Waals surface area contributed by atoms with Gasteiger partial charge in [0.2, 0.25) is 0 Å². The number of hydrogen-bond acceptors (Lipinski definition) is 4. The van der Waals surface area contributed by atoms with Gasteiger partial charge < -0.3 is 10.6 Å². The van der Waals surface area contributed by atoms with E-state index in [2.05, 4.69) is 28.8 Å². The summed E-state index contributed by atoms with van der Waals surface area (Å²) in [5, 5.41) is 0. The number of rotatable bonds is 4. The first-order valence-corrected chi connectivity index (χ1v) is 6.52. The minimum absolute atomic E-state index is 0.552. The van der Waals surface area contributed by atoms with E-state index >= 15 is 0 Å². The monoisotopic (exact) mass is 232 g/mol. The summed E-state index contributed by atoms with van der Waals surface area (Å²) in [5.74, 6) is 3.92. The van der Waals surface area contributed by atoms with Crippen LogP contribution in [0.25, 0.3) is 0 Å². The van der Waals surface area contributed by atoms with Gasteiger partial charge in [-0.25, -0.2) is 9.97 Å². The zero-order valence-electron chi connectivity index (χ0n) is 10.6. The Kier molecular flexibility index (Phi) is 2.45. The van der Waals surface area contributed by atoms with Gasteiger partial charge >= 0.3 is 0 Å². The molecule has 2 fully saturated rings. The molecule has 1 unspecified atom stereocenters. The maximum Gasteiger partial charge on any atom is 0.136 e. The molecule has 1 aromatic rings. The second kappa shape index (κ2) is 3.86. The van der Waals surface area contributed by atoms with Gasteiger partial charge in [-0.05, 0) is 38.5 Å². The Morgan fingerprint density at radius 2 is 2.00 bits per heavy atom. The first-order chi connectivity index (χ1) is 8.15. The Labute approximate surface area is 102 Å². The van der Waals surface area contributed by atoms with Gasteiger partial charge in [-0.2, -0.15) is 0 Å². The molecular weight excluding hydrogens is 212 g/mol. The summed E-state index contributed by atoms with van der Waals surface area (Å²) in [6.45, 7) is 2.27. The Balaban J connectivity index is 1.84. The van der Waals surface area contributed by atoms with Crippen molar-refractivity contribution in [3.8, 4) is 0 Å². The molecule has 0 bridgehead atoms. The van der Waals surface area contributed by atoms with Crippen molar-refractivity contribution < 1.29 is 0 Å². The molecule has 0 spiro atoms. The third kappa shape index (κ3) is 2.21. The summed E-state index contributed by atoms with van der Waals surface area (Å²) >= 11 is 0. The quantitative estimate of drug-likeness (QED) is 0.864. The topological polar surface area (TPSA) is 55.0 Å². The lowest BCUT2D eigenvalue weighted by Crippen LogP contribution is -2.31. The number of nitrogen functional groups attached to an aromatic ring is 1. The van der Waals surface area contributed by atoms with Crippen LogP contribution in [0.2, 0.25) is 0 Å². The molecule has 2 aliphatic carbocycles. The molecule has 2 N–H and O–H groups in total. The third-order valence-electron chi connectivity index (χ3n) is 3.97. The van der Waals surface area contributed by atoms with E-state index in [0.29, 0.717) is 17.8 Å². The molecule has 4 heteroatoms. The molecule has 0 amide bonds. The number of hydrogen-bond donors (Lipinski definition) is 1. The van der Waals surface area contributed by atoms with Crippen molar-refractivity contribution in [2.24, 2.45) is 5.92 Å². The maximum atomic E-state index is 5.88. The molecule has 4 nitrogen and oxygen atoms in total. The molecule has 1 heterocycles. The highest BCUT2D eigenvalue weighted by Crippen LogP contribution is 2.40. The van der Waals surface area contributed by atoms with E-state index in [1.165, 1.54) is 25.7 Å². The van der Waals surface area contributed by atoms with Crippen molar-refractivity contribution in [3.63, 3.8) is 0 Å². The summed E-state index contributed by atoms with van der Waals surface area (Å²) in [7, 11) is 2.11. The van der Waals surface area contributed by atoms with Crippen molar-refractivity contribution in [3.05, 3.63) is 11.9 Å². The molecule has 2 aliphatic rings. The van der Waals surface area contributed by atoms with Crippen LogP contribution in [-0.4, -0.2) is 23.1 Å². The molecule has 0 aromatic carbocycles. The zero-order chi connectivity index (χ0) is 12.0. The second-order valence-electron chi connectivity index (χ2n) is 5.47. The lowest BCUT2D eigenvalue weighted by Gasteiger charge is -2.26. The SMILES string of the molecule is CC(C1CC1)N(C)c1cc(N)nc(C2CC2)n1. The predicted octanol–water partition coefficient (Wildman–Crippen LogP) is 2.17. The molecule has 92 valence electrons. The molecular formula is C13H20N4. The Morgan fingerprint density at radius 3 is 2.59 bits per heavy atom. The van der Waals surface area contributed by atoms with Crippen molar-refractivity contribution in [2.75, 3.05) is 17.7 Å². The van der Waals surface area contributed by atoms with E-state index < -0.39 is 0 Å². The first-order valence-electron chi connectivity index (χ1n) is 6.52. The van der Waals surface area contributed by atoms with E-state index in [4.69, 9.17) is 5.73 Å². The third-order valence-corrected chi connectivity index (χ3v) is 3.97. The lowest BCUT2D eigenvalue weighted by atomic mass is 10.2. The highest BCUT2D eigenvalue weighted by atomic mass is 15.2. The van der Waals surface area contributed by atoms with Gasteiger partial charge in [-0.15, -0.1) is 0 Å². The van der Waals surface area contributed by atoms with Gasteiger partial charge in [0, 0.05) is 25.1 Å². The van der Waals surface area contributed by atoms with Crippen LogP contribution < -0.4 is 10.6 Å². The van der Waals surface area contributed by atoms with Crippen LogP contribution in [0.4, 0.5) is 11.6 Å². The Bertz CT molecular complexity index is 423. The van der Waals surface area contributed by atoms with Crippen LogP contribution in [0.15, 0.2) is 6.07 Å². The predicted molar refractivity (Wildman–Crippen MR) is 69.0 cm³/mol. The van der Waals surface area contributed by atoms with Gasteiger partial charge in [0.05, 0.1) is 0 Å². The fourth-order valence-corrected chi connectivity index (χ4v) is 2.28. The summed E-state index contributed by atoms with van der Waals surface area (Å²) in [5.41, 5.74) is 5.88. The molecule has 17 heavy (non-hydrogen) atoms. The van der Waals surface area contributed by atoms with Crippen molar-refractivity contribution in [2.45, 2.75) is 44.6 Å². The molecule has 1 atom stereocenters. The van der Waals surface area contributed by atoms with Crippen molar-refractivity contribution in [1.29, 1.82) is 0 Å². The molecule has 3 rings (SSSR count). The van der Waals surface area contributed by atoms with E-state index in [1.54, 1.807) is 0 Å². The molecule has 2 saturated carbocycles. The Hall–Kier alpha value is -1.32. The summed E-state index contributed by atoms with van der Waals surface area (Å²) < 4.78 is 0. The van der Waals surface area contributed by atoms with Crippen LogP contribution in [0.1, 0.15) is 44.3 Å². The van der Waals surface area contributed by atoms with Crippen LogP contribution >= 0.6 is 0 Å². The number of nitrogens with two attached hydrogens (primary N) is 1. The van der Waals surface area contributed by atoms with Crippen molar-refractivity contribution >= 4 is 11.6 Å². The summed E-state index contributed by atoms with van der Waals surface area (Å²) in [4.78, 5) is 11.3. The van der Waals surface area contributed by atoms with E-state index in [9.17, 15) is 0 Å². The van der Waals surface area contributed by atoms with E-state index in [0.717, 1.165) is 17.6 Å². The molecule has 0 saturated heterocycles. The van der Waals surface area contributed by atoms with E-state index in [-0.39, 0.29) is 0 Å². The van der Waals surface area contributed by atoms with E-state index in [1.807, 2.05) is 6.07 Å². The lowest BCUT2D eigenvalue weighted by molar-refractivity contribution is 0.602. The number of anilines is 2. The van der Waals surface area contributed by atoms with Crippen LogP contribution in [0, 0.1) is 5.92 Å². The Morgan fingerprint density at radius 1 is 1.29 bits per heavy atom. The van der Waals surface area contributed by atoms with Crippen LogP contribution in [-0.2, 0) is 0 Å². The highest BCUT2D eigenvalue weighted by Gasteiger charge is 2.32. The van der Waals surface area contributed by atoms with Gasteiger partial charge in [-0.1, -0.05) is 0 Å². The summed E-state index contributed by atoms with van der Waals surface area (Å²) in [6.07, 6.45) is 5.12. The average Bonchev–Trinajstić information content (AvgIpc) is 3.19. The van der Waals surface area contributed by atoms with Gasteiger partial charge in [0.1, 0.15) is 17.5 Å². The van der Waals surface area contributed by atoms with Crippen molar-refractivity contribution in [1.82, 2.24) is 9.97 Å². The summed E-state index contributed by atoms with van der Waals surface area (Å²) in [6, 6.07) is 2.45. The maximum absolute atomic E-state index is 5.88.